The van der Waals surface area contributed by atoms with Gasteiger partial charge in [-0.3, -0.25) is 4.79 Å². The van der Waals surface area contributed by atoms with Crippen LogP contribution in [0, 0.1) is 0 Å². The van der Waals surface area contributed by atoms with Crippen LogP contribution in [0.1, 0.15) is 6.92 Å². The Hall–Kier alpha value is -3.02. The van der Waals surface area contributed by atoms with E-state index in [4.69, 9.17) is 14.0 Å². The number of rotatable bonds is 5. The first-order valence-electron chi connectivity index (χ1n) is 7.14. The van der Waals surface area contributed by atoms with Gasteiger partial charge >= 0.3 is 0 Å². The standard InChI is InChI=1S/C17H16N2O4/c1-11(22-15-10-6-5-9-14(15)21-2)17(20)18-16-12-7-3-4-8-13(12)23-19-16/h3-11H,1-2H3,(H,18,19,20). The summed E-state index contributed by atoms with van der Waals surface area (Å²) in [6.45, 7) is 1.66. The molecule has 1 heterocycles. The van der Waals surface area contributed by atoms with E-state index in [9.17, 15) is 4.79 Å². The number of carbonyl (C=O) groups excluding carboxylic acids is 1. The number of nitrogens with zero attached hydrogens (tertiary/aromatic N) is 1. The minimum absolute atomic E-state index is 0.324. The molecule has 3 aromatic rings. The molecule has 1 N–H and O–H groups in total. The number of benzene rings is 2. The van der Waals surface area contributed by atoms with E-state index >= 15 is 0 Å². The van der Waals surface area contributed by atoms with Gasteiger partial charge in [0.05, 0.1) is 12.5 Å². The highest BCUT2D eigenvalue weighted by atomic mass is 16.5. The van der Waals surface area contributed by atoms with Crippen LogP contribution < -0.4 is 14.8 Å². The summed E-state index contributed by atoms with van der Waals surface area (Å²) in [6, 6.07) is 14.5. The van der Waals surface area contributed by atoms with Gasteiger partial charge in [0, 0.05) is 0 Å². The molecule has 0 aliphatic rings. The molecule has 1 unspecified atom stereocenters. The maximum absolute atomic E-state index is 12.3. The molecule has 3 rings (SSSR count). The van der Waals surface area contributed by atoms with Crippen LogP contribution in [0.5, 0.6) is 11.5 Å². The van der Waals surface area contributed by atoms with Crippen molar-refractivity contribution in [2.45, 2.75) is 13.0 Å². The lowest BCUT2D eigenvalue weighted by atomic mass is 10.2. The molecular weight excluding hydrogens is 296 g/mol. The summed E-state index contributed by atoms with van der Waals surface area (Å²) in [7, 11) is 1.55. The van der Waals surface area contributed by atoms with E-state index in [-0.39, 0.29) is 5.91 Å². The Kier molecular flexibility index (Phi) is 4.14. The summed E-state index contributed by atoms with van der Waals surface area (Å²) in [6.07, 6.45) is -0.721. The van der Waals surface area contributed by atoms with Gasteiger partial charge in [0.15, 0.2) is 29.0 Å². The first-order chi connectivity index (χ1) is 11.2. The maximum Gasteiger partial charge on any atom is 0.266 e. The topological polar surface area (TPSA) is 73.6 Å². The molecule has 1 amide bonds. The zero-order valence-corrected chi connectivity index (χ0v) is 12.8. The second-order valence-corrected chi connectivity index (χ2v) is 4.93. The van der Waals surface area contributed by atoms with E-state index in [0.717, 1.165) is 5.39 Å². The molecule has 0 saturated carbocycles. The summed E-state index contributed by atoms with van der Waals surface area (Å²) >= 11 is 0. The van der Waals surface area contributed by atoms with Gasteiger partial charge in [-0.25, -0.2) is 0 Å². The third-order valence-electron chi connectivity index (χ3n) is 3.36. The fourth-order valence-electron chi connectivity index (χ4n) is 2.15. The summed E-state index contributed by atoms with van der Waals surface area (Å²) < 4.78 is 16.0. The van der Waals surface area contributed by atoms with E-state index < -0.39 is 6.10 Å². The quantitative estimate of drug-likeness (QED) is 0.783. The van der Waals surface area contributed by atoms with Crippen molar-refractivity contribution in [2.75, 3.05) is 12.4 Å². The zero-order valence-electron chi connectivity index (χ0n) is 12.8. The number of methoxy groups -OCH3 is 1. The Morgan fingerprint density at radius 3 is 2.61 bits per heavy atom. The van der Waals surface area contributed by atoms with Crippen molar-refractivity contribution in [3.05, 3.63) is 48.5 Å². The van der Waals surface area contributed by atoms with Crippen LogP contribution in [0.25, 0.3) is 11.0 Å². The molecular formula is C17H16N2O4. The van der Waals surface area contributed by atoms with Crippen molar-refractivity contribution in [3.8, 4) is 11.5 Å². The Morgan fingerprint density at radius 2 is 1.83 bits per heavy atom. The van der Waals surface area contributed by atoms with Crippen molar-refractivity contribution in [1.82, 2.24) is 5.16 Å². The Labute approximate surface area is 133 Å². The van der Waals surface area contributed by atoms with Gasteiger partial charge < -0.3 is 19.3 Å². The van der Waals surface area contributed by atoms with Gasteiger partial charge in [-0.2, -0.15) is 0 Å². The van der Waals surface area contributed by atoms with Gasteiger partial charge in [0.25, 0.3) is 5.91 Å². The average molecular weight is 312 g/mol. The van der Waals surface area contributed by atoms with Crippen molar-refractivity contribution in [2.24, 2.45) is 0 Å². The van der Waals surface area contributed by atoms with Crippen molar-refractivity contribution >= 4 is 22.7 Å². The fraction of sp³-hybridized carbons (Fsp3) is 0.176. The molecule has 2 aromatic carbocycles. The van der Waals surface area contributed by atoms with E-state index in [1.807, 2.05) is 30.3 Å². The van der Waals surface area contributed by atoms with Gasteiger partial charge in [0.1, 0.15) is 0 Å². The number of amides is 1. The Morgan fingerprint density at radius 1 is 1.13 bits per heavy atom. The highest BCUT2D eigenvalue weighted by Crippen LogP contribution is 2.27. The molecule has 0 spiro atoms. The molecule has 6 heteroatoms. The second-order valence-electron chi connectivity index (χ2n) is 4.93. The lowest BCUT2D eigenvalue weighted by Gasteiger charge is -2.15. The van der Waals surface area contributed by atoms with Gasteiger partial charge in [-0.15, -0.1) is 0 Å². The van der Waals surface area contributed by atoms with Gasteiger partial charge in [-0.1, -0.05) is 29.4 Å². The third-order valence-corrected chi connectivity index (χ3v) is 3.36. The van der Waals surface area contributed by atoms with Crippen LogP contribution >= 0.6 is 0 Å². The first kappa shape index (κ1) is 14.9. The lowest BCUT2D eigenvalue weighted by Crippen LogP contribution is -2.30. The molecule has 23 heavy (non-hydrogen) atoms. The second kappa shape index (κ2) is 6.39. The number of aromatic nitrogens is 1. The summed E-state index contributed by atoms with van der Waals surface area (Å²) in [5.41, 5.74) is 0.612. The Balaban J connectivity index is 1.73. The van der Waals surface area contributed by atoms with E-state index in [0.29, 0.717) is 22.9 Å². The van der Waals surface area contributed by atoms with Crippen LogP contribution in [0.3, 0.4) is 0 Å². The predicted octanol–water partition coefficient (Wildman–Crippen LogP) is 3.24. The number of para-hydroxylation sites is 3. The number of fused-ring (bicyclic) bond motifs is 1. The van der Waals surface area contributed by atoms with E-state index in [1.54, 1.807) is 32.2 Å². The lowest BCUT2D eigenvalue weighted by molar-refractivity contribution is -0.122. The monoisotopic (exact) mass is 312 g/mol. The minimum atomic E-state index is -0.721. The van der Waals surface area contributed by atoms with Crippen LogP contribution in [0.15, 0.2) is 53.1 Å². The molecule has 0 aliphatic carbocycles. The number of ether oxygens (including phenoxy) is 2. The zero-order chi connectivity index (χ0) is 16.2. The number of anilines is 1. The van der Waals surface area contributed by atoms with Crippen LogP contribution in [-0.4, -0.2) is 24.3 Å². The average Bonchev–Trinajstić information content (AvgIpc) is 2.98. The smallest absolute Gasteiger partial charge is 0.266 e. The molecule has 118 valence electrons. The highest BCUT2D eigenvalue weighted by Gasteiger charge is 2.19. The summed E-state index contributed by atoms with van der Waals surface area (Å²) in [5, 5.41) is 7.33. The number of nitrogens with one attached hydrogen (secondary N) is 1. The first-order valence-corrected chi connectivity index (χ1v) is 7.14. The molecule has 0 aliphatic heterocycles. The largest absolute Gasteiger partial charge is 0.493 e. The molecule has 1 aromatic heterocycles. The van der Waals surface area contributed by atoms with E-state index in [2.05, 4.69) is 10.5 Å². The molecule has 0 fully saturated rings. The normalized spacial score (nSPS) is 11.9. The molecule has 6 nitrogen and oxygen atoms in total. The van der Waals surface area contributed by atoms with Crippen LogP contribution in [0.2, 0.25) is 0 Å². The van der Waals surface area contributed by atoms with Crippen molar-refractivity contribution in [1.29, 1.82) is 0 Å². The predicted molar refractivity (Wildman–Crippen MR) is 85.7 cm³/mol. The SMILES string of the molecule is COc1ccccc1OC(C)C(=O)Nc1noc2ccccc12. The van der Waals surface area contributed by atoms with Gasteiger partial charge in [-0.05, 0) is 31.2 Å². The van der Waals surface area contributed by atoms with E-state index in [1.165, 1.54) is 0 Å². The molecule has 0 bridgehead atoms. The molecule has 0 radical (unpaired) electrons. The number of carbonyl (C=O) groups is 1. The summed E-state index contributed by atoms with van der Waals surface area (Å²) in [4.78, 5) is 12.3. The third kappa shape index (κ3) is 3.11. The number of hydrogen-bond acceptors (Lipinski definition) is 5. The van der Waals surface area contributed by atoms with Crippen LogP contribution in [-0.2, 0) is 4.79 Å². The Bertz CT molecular complexity index is 828. The number of hydrogen-bond donors (Lipinski definition) is 1. The van der Waals surface area contributed by atoms with Crippen molar-refractivity contribution < 1.29 is 18.8 Å². The fourth-order valence-corrected chi connectivity index (χ4v) is 2.15. The highest BCUT2D eigenvalue weighted by molar-refractivity contribution is 6.00. The van der Waals surface area contributed by atoms with Crippen LogP contribution in [0.4, 0.5) is 5.82 Å². The van der Waals surface area contributed by atoms with Crippen molar-refractivity contribution in [3.63, 3.8) is 0 Å². The van der Waals surface area contributed by atoms with Gasteiger partial charge in [0.2, 0.25) is 0 Å². The molecule has 0 saturated heterocycles. The summed E-state index contributed by atoms with van der Waals surface area (Å²) in [5.74, 6) is 1.12. The molecule has 1 atom stereocenters. The minimum Gasteiger partial charge on any atom is -0.493 e. The maximum atomic E-state index is 12.3.